The van der Waals surface area contributed by atoms with Crippen LogP contribution in [0.15, 0.2) is 78.0 Å². The summed E-state index contributed by atoms with van der Waals surface area (Å²) < 4.78 is 24.1. The predicted molar refractivity (Wildman–Crippen MR) is 133 cm³/mol. The van der Waals surface area contributed by atoms with Crippen molar-refractivity contribution in [3.05, 3.63) is 78.6 Å². The molecule has 0 spiro atoms. The molecule has 1 aliphatic rings. The highest BCUT2D eigenvalue weighted by molar-refractivity contribution is 7.89. The molecule has 1 aliphatic heterocycles. The van der Waals surface area contributed by atoms with Gasteiger partial charge in [0.15, 0.2) is 0 Å². The van der Waals surface area contributed by atoms with Gasteiger partial charge in [0.2, 0.25) is 5.95 Å². The molecule has 1 fully saturated rings. The zero-order chi connectivity index (χ0) is 25.4. The van der Waals surface area contributed by atoms with Gasteiger partial charge in [0.25, 0.3) is 15.9 Å². The number of nitrogens with one attached hydrogen (secondary N) is 3. The van der Waals surface area contributed by atoms with Crippen LogP contribution in [-0.4, -0.2) is 55.9 Å². The van der Waals surface area contributed by atoms with Crippen LogP contribution in [0.2, 0.25) is 0 Å². The number of amides is 1. The number of rotatable bonds is 10. The van der Waals surface area contributed by atoms with Gasteiger partial charge in [-0.2, -0.15) is 0 Å². The maximum Gasteiger partial charge on any atom is 0.327 e. The summed E-state index contributed by atoms with van der Waals surface area (Å²) in [5.41, 5.74) is 1.45. The Bertz CT molecular complexity index is 1270. The molecule has 3 aromatic rings. The fraction of sp³-hybridized carbons (Fsp3) is 0.250. The van der Waals surface area contributed by atoms with Crippen molar-refractivity contribution in [2.24, 2.45) is 0 Å². The van der Waals surface area contributed by atoms with E-state index in [0.29, 0.717) is 11.5 Å². The summed E-state index contributed by atoms with van der Waals surface area (Å²) in [6.45, 7) is 1.65. The highest BCUT2D eigenvalue weighted by Gasteiger charge is 2.23. The number of benzene rings is 2. The average Bonchev–Trinajstić information content (AvgIpc) is 3.37. The van der Waals surface area contributed by atoms with Crippen molar-refractivity contribution in [3.8, 4) is 0 Å². The van der Waals surface area contributed by atoms with Gasteiger partial charge in [-0.05, 0) is 53.8 Å². The van der Waals surface area contributed by atoms with Gasteiger partial charge in [-0.1, -0.05) is 18.2 Å². The van der Waals surface area contributed by atoms with Crippen LogP contribution in [0.3, 0.4) is 0 Å². The summed E-state index contributed by atoms with van der Waals surface area (Å²) in [5, 5.41) is 5.95. The van der Waals surface area contributed by atoms with Gasteiger partial charge in [-0.3, -0.25) is 9.59 Å². The van der Waals surface area contributed by atoms with Crippen LogP contribution in [0.4, 0.5) is 11.6 Å². The second kappa shape index (κ2) is 11.6. The van der Waals surface area contributed by atoms with Gasteiger partial charge >= 0.3 is 5.97 Å². The highest BCUT2D eigenvalue weighted by atomic mass is 32.2. The third kappa shape index (κ3) is 6.77. The molecule has 1 aromatic heterocycles. The van der Waals surface area contributed by atoms with E-state index in [1.165, 1.54) is 12.1 Å². The van der Waals surface area contributed by atoms with E-state index in [2.05, 4.69) is 30.3 Å². The lowest BCUT2D eigenvalue weighted by atomic mass is 10.2. The topological polar surface area (TPSA) is 143 Å². The second-order valence-corrected chi connectivity index (χ2v) is 9.72. The number of anilines is 2. The molecule has 0 radical (unpaired) electrons. The van der Waals surface area contributed by atoms with Gasteiger partial charge in [0.05, 0.1) is 11.3 Å². The molecule has 2 aromatic carbocycles. The van der Waals surface area contributed by atoms with Crippen molar-refractivity contribution >= 4 is 33.5 Å². The fourth-order valence-corrected chi connectivity index (χ4v) is 4.49. The molecular formula is C24H26N6O5S. The molecule has 11 nitrogen and oxygen atoms in total. The van der Waals surface area contributed by atoms with Gasteiger partial charge in [-0.25, -0.2) is 18.4 Å². The van der Waals surface area contributed by atoms with Crippen molar-refractivity contribution in [1.82, 2.24) is 20.2 Å². The number of carbonyl (C=O) groups excluding carboxylic acids is 2. The van der Waals surface area contributed by atoms with Crippen molar-refractivity contribution in [2.45, 2.75) is 23.8 Å². The van der Waals surface area contributed by atoms with Crippen LogP contribution in [0, 0.1) is 0 Å². The van der Waals surface area contributed by atoms with Crippen molar-refractivity contribution < 1.29 is 22.8 Å². The first-order valence-corrected chi connectivity index (χ1v) is 12.8. The van der Waals surface area contributed by atoms with Crippen LogP contribution < -0.4 is 20.4 Å². The van der Waals surface area contributed by atoms with E-state index in [0.717, 1.165) is 25.2 Å². The standard InChI is InChI=1S/C24H26N6O5S/c31-22(35-29-36(33,34)21-5-2-1-3-6-21)11-15-25-23(32)18-7-9-20(10-8-18)30-16-12-19(17-30)28-24-26-13-4-14-27-24/h1-10,13-14,19,29H,11-12,15-17H2,(H,25,32)(H,26,27,28)/t19-/m0/s1. The molecule has 1 saturated heterocycles. The fourth-order valence-electron chi connectivity index (χ4n) is 3.67. The smallest absolute Gasteiger partial charge is 0.327 e. The first-order valence-electron chi connectivity index (χ1n) is 11.3. The average molecular weight is 511 g/mol. The Morgan fingerprint density at radius 3 is 2.44 bits per heavy atom. The van der Waals surface area contributed by atoms with E-state index in [4.69, 9.17) is 0 Å². The Hall–Kier alpha value is -4.03. The number of sulfonamides is 1. The molecule has 0 aliphatic carbocycles. The van der Waals surface area contributed by atoms with E-state index in [1.807, 2.05) is 12.1 Å². The minimum atomic E-state index is -3.96. The quantitative estimate of drug-likeness (QED) is 0.348. The Labute approximate surface area is 208 Å². The number of hydrogen-bond acceptors (Lipinski definition) is 9. The lowest BCUT2D eigenvalue weighted by Gasteiger charge is -2.19. The normalized spacial score (nSPS) is 15.3. The summed E-state index contributed by atoms with van der Waals surface area (Å²) in [7, 11) is -3.96. The first kappa shape index (κ1) is 25.1. The summed E-state index contributed by atoms with van der Waals surface area (Å²) >= 11 is 0. The van der Waals surface area contributed by atoms with Crippen molar-refractivity contribution in [1.29, 1.82) is 0 Å². The Balaban J connectivity index is 1.19. The van der Waals surface area contributed by atoms with E-state index < -0.39 is 16.0 Å². The first-order chi connectivity index (χ1) is 17.4. The van der Waals surface area contributed by atoms with Gasteiger partial charge in [-0.15, -0.1) is 0 Å². The maximum absolute atomic E-state index is 12.4. The molecule has 36 heavy (non-hydrogen) atoms. The van der Waals surface area contributed by atoms with E-state index in [9.17, 15) is 18.0 Å². The van der Waals surface area contributed by atoms with Crippen LogP contribution in [-0.2, 0) is 19.7 Å². The summed E-state index contributed by atoms with van der Waals surface area (Å²) in [6, 6.07) is 16.7. The van der Waals surface area contributed by atoms with Gasteiger partial charge < -0.3 is 20.4 Å². The molecule has 1 atom stereocenters. The van der Waals surface area contributed by atoms with E-state index in [1.54, 1.807) is 53.7 Å². The highest BCUT2D eigenvalue weighted by Crippen LogP contribution is 2.22. The van der Waals surface area contributed by atoms with Crippen LogP contribution in [0.5, 0.6) is 0 Å². The molecule has 3 N–H and O–H groups in total. The molecule has 0 bridgehead atoms. The molecule has 188 valence electrons. The monoisotopic (exact) mass is 510 g/mol. The molecule has 0 unspecified atom stereocenters. The Kier molecular flexibility index (Phi) is 8.08. The summed E-state index contributed by atoms with van der Waals surface area (Å²) in [4.78, 5) is 41.2. The number of nitrogens with zero attached hydrogens (tertiary/aromatic N) is 3. The van der Waals surface area contributed by atoms with E-state index >= 15 is 0 Å². The third-order valence-corrected chi connectivity index (χ3v) is 6.71. The van der Waals surface area contributed by atoms with Crippen molar-refractivity contribution in [3.63, 3.8) is 0 Å². The largest absolute Gasteiger partial charge is 0.369 e. The number of carbonyl (C=O) groups is 2. The van der Waals surface area contributed by atoms with E-state index in [-0.39, 0.29) is 29.8 Å². The molecule has 2 heterocycles. The minimum Gasteiger partial charge on any atom is -0.369 e. The lowest BCUT2D eigenvalue weighted by Crippen LogP contribution is -2.30. The number of aromatic nitrogens is 2. The lowest BCUT2D eigenvalue weighted by molar-refractivity contribution is -0.146. The third-order valence-electron chi connectivity index (χ3n) is 5.52. The molecule has 12 heteroatoms. The molecule has 1 amide bonds. The van der Waals surface area contributed by atoms with Gasteiger partial charge in [0, 0.05) is 49.3 Å². The van der Waals surface area contributed by atoms with Crippen LogP contribution >= 0.6 is 0 Å². The SMILES string of the molecule is O=C(CCNC(=O)c1ccc(N2CC[C@H](Nc3ncccn3)C2)cc1)ONS(=O)(=O)c1ccccc1. The Morgan fingerprint density at radius 1 is 1.00 bits per heavy atom. The number of hydrogen-bond donors (Lipinski definition) is 3. The maximum atomic E-state index is 12.4. The minimum absolute atomic E-state index is 0.00643. The van der Waals surface area contributed by atoms with Crippen LogP contribution in [0.1, 0.15) is 23.2 Å². The molecule has 0 saturated carbocycles. The predicted octanol–water partition coefficient (Wildman–Crippen LogP) is 1.72. The summed E-state index contributed by atoms with van der Waals surface area (Å²) in [6.07, 6.45) is 4.14. The summed E-state index contributed by atoms with van der Waals surface area (Å²) in [5.74, 6) is -0.557. The van der Waals surface area contributed by atoms with Crippen molar-refractivity contribution in [2.75, 3.05) is 29.9 Å². The zero-order valence-electron chi connectivity index (χ0n) is 19.3. The Morgan fingerprint density at radius 2 is 1.72 bits per heavy atom. The van der Waals surface area contributed by atoms with Gasteiger partial charge in [0.1, 0.15) is 0 Å². The second-order valence-electron chi connectivity index (χ2n) is 8.08. The zero-order valence-corrected chi connectivity index (χ0v) is 20.1. The molecular weight excluding hydrogens is 484 g/mol. The molecule has 4 rings (SSSR count). The van der Waals surface area contributed by atoms with Crippen LogP contribution in [0.25, 0.3) is 0 Å².